The van der Waals surface area contributed by atoms with E-state index >= 15 is 0 Å². The highest BCUT2D eigenvalue weighted by atomic mass is 79.9. The van der Waals surface area contributed by atoms with E-state index in [-0.39, 0.29) is 5.91 Å². The Bertz CT molecular complexity index is 671. The van der Waals surface area contributed by atoms with E-state index in [0.29, 0.717) is 5.56 Å². The second-order valence-corrected chi connectivity index (χ2v) is 5.33. The van der Waals surface area contributed by atoms with E-state index in [1.54, 1.807) is 4.90 Å². The molecule has 0 unspecified atom stereocenters. The minimum Gasteiger partial charge on any atom is -0.276 e. The Morgan fingerprint density at radius 1 is 1.05 bits per heavy atom. The molecule has 2 nitrogen and oxygen atoms in total. The fourth-order valence-corrected chi connectivity index (χ4v) is 2.79. The van der Waals surface area contributed by atoms with Crippen molar-refractivity contribution < 1.29 is 4.79 Å². The SMILES string of the molecule is C=C1c2ccccc2C(=O)N1c1cccc(C)c1Br. The summed E-state index contributed by atoms with van der Waals surface area (Å²) in [4.78, 5) is 14.2. The number of anilines is 1. The zero-order chi connectivity index (χ0) is 13.6. The number of halogens is 1. The Morgan fingerprint density at radius 3 is 2.42 bits per heavy atom. The van der Waals surface area contributed by atoms with E-state index in [2.05, 4.69) is 22.5 Å². The average molecular weight is 314 g/mol. The summed E-state index contributed by atoms with van der Waals surface area (Å²) < 4.78 is 0.928. The van der Waals surface area contributed by atoms with E-state index in [1.165, 1.54) is 0 Å². The third-order valence-corrected chi connectivity index (χ3v) is 4.39. The lowest BCUT2D eigenvalue weighted by Gasteiger charge is -2.20. The molecule has 0 atom stereocenters. The fourth-order valence-electron chi connectivity index (χ4n) is 2.34. The Hall–Kier alpha value is -1.87. The van der Waals surface area contributed by atoms with Crippen molar-refractivity contribution in [1.82, 2.24) is 0 Å². The zero-order valence-corrected chi connectivity index (χ0v) is 12.1. The van der Waals surface area contributed by atoms with Gasteiger partial charge in [-0.15, -0.1) is 0 Å². The van der Waals surface area contributed by atoms with Gasteiger partial charge in [0.1, 0.15) is 0 Å². The van der Waals surface area contributed by atoms with Crippen LogP contribution in [0.3, 0.4) is 0 Å². The van der Waals surface area contributed by atoms with Gasteiger partial charge in [0, 0.05) is 15.6 Å². The molecule has 2 aromatic carbocycles. The number of aryl methyl sites for hydroxylation is 1. The Morgan fingerprint density at radius 2 is 1.74 bits per heavy atom. The molecule has 1 amide bonds. The first-order chi connectivity index (χ1) is 9.11. The smallest absolute Gasteiger partial charge is 0.263 e. The summed E-state index contributed by atoms with van der Waals surface area (Å²) in [6.07, 6.45) is 0. The highest BCUT2D eigenvalue weighted by Gasteiger charge is 2.32. The lowest BCUT2D eigenvalue weighted by molar-refractivity contribution is 0.101. The van der Waals surface area contributed by atoms with Gasteiger partial charge in [0.2, 0.25) is 0 Å². The summed E-state index contributed by atoms with van der Waals surface area (Å²) >= 11 is 3.55. The van der Waals surface area contributed by atoms with Crippen molar-refractivity contribution in [3.63, 3.8) is 0 Å². The van der Waals surface area contributed by atoms with E-state index in [0.717, 1.165) is 27.0 Å². The highest BCUT2D eigenvalue weighted by Crippen LogP contribution is 2.39. The van der Waals surface area contributed by atoms with Crippen LogP contribution in [0.1, 0.15) is 21.5 Å². The van der Waals surface area contributed by atoms with Crippen molar-refractivity contribution >= 4 is 33.2 Å². The summed E-state index contributed by atoms with van der Waals surface area (Å²) in [5, 5.41) is 0. The van der Waals surface area contributed by atoms with E-state index < -0.39 is 0 Å². The topological polar surface area (TPSA) is 20.3 Å². The molecule has 2 aromatic rings. The predicted molar refractivity (Wildman–Crippen MR) is 81.2 cm³/mol. The van der Waals surface area contributed by atoms with Crippen LogP contribution < -0.4 is 4.90 Å². The van der Waals surface area contributed by atoms with Crippen LogP contribution in [0, 0.1) is 6.92 Å². The molecule has 0 radical (unpaired) electrons. The third-order valence-electron chi connectivity index (χ3n) is 3.35. The first-order valence-corrected chi connectivity index (χ1v) is 6.78. The number of amides is 1. The molecule has 0 aromatic heterocycles. The van der Waals surface area contributed by atoms with Gasteiger partial charge in [-0.05, 0) is 40.5 Å². The van der Waals surface area contributed by atoms with Crippen LogP contribution in [-0.2, 0) is 0 Å². The minimum atomic E-state index is -0.0214. The molecule has 1 heterocycles. The van der Waals surface area contributed by atoms with Crippen LogP contribution >= 0.6 is 15.9 Å². The normalized spacial score (nSPS) is 13.9. The van der Waals surface area contributed by atoms with Crippen LogP contribution in [0.2, 0.25) is 0 Å². The van der Waals surface area contributed by atoms with Crippen LogP contribution in [0.25, 0.3) is 5.70 Å². The molecule has 0 bridgehead atoms. The highest BCUT2D eigenvalue weighted by molar-refractivity contribution is 9.10. The summed E-state index contributed by atoms with van der Waals surface area (Å²) in [7, 11) is 0. The maximum atomic E-state index is 12.5. The summed E-state index contributed by atoms with van der Waals surface area (Å²) in [6, 6.07) is 13.4. The number of carbonyl (C=O) groups is 1. The van der Waals surface area contributed by atoms with Gasteiger partial charge in [-0.25, -0.2) is 0 Å². The second-order valence-electron chi connectivity index (χ2n) is 4.54. The van der Waals surface area contributed by atoms with E-state index in [9.17, 15) is 4.79 Å². The first kappa shape index (κ1) is 12.2. The van der Waals surface area contributed by atoms with Gasteiger partial charge in [0.25, 0.3) is 5.91 Å². The maximum Gasteiger partial charge on any atom is 0.263 e. The standard InChI is InChI=1S/C16H12BrNO/c1-10-6-5-9-14(15(10)17)18-11(2)12-7-3-4-8-13(12)16(18)19/h3-9H,2H2,1H3. The molecule has 0 fully saturated rings. The first-order valence-electron chi connectivity index (χ1n) is 5.99. The van der Waals surface area contributed by atoms with E-state index in [1.807, 2.05) is 49.4 Å². The van der Waals surface area contributed by atoms with Crippen LogP contribution in [0.15, 0.2) is 53.5 Å². The molecule has 1 aliphatic heterocycles. The van der Waals surface area contributed by atoms with Gasteiger partial charge in [-0.2, -0.15) is 0 Å². The fraction of sp³-hybridized carbons (Fsp3) is 0.0625. The lowest BCUT2D eigenvalue weighted by Crippen LogP contribution is -2.22. The summed E-state index contributed by atoms with van der Waals surface area (Å²) in [5.41, 5.74) is 4.27. The zero-order valence-electron chi connectivity index (χ0n) is 10.5. The van der Waals surface area contributed by atoms with Crippen molar-refractivity contribution in [2.75, 3.05) is 4.90 Å². The molecule has 94 valence electrons. The van der Waals surface area contributed by atoms with Gasteiger partial charge in [-0.1, -0.05) is 36.9 Å². The van der Waals surface area contributed by atoms with Gasteiger partial charge in [0.05, 0.1) is 11.4 Å². The Labute approximate surface area is 120 Å². The molecule has 0 saturated carbocycles. The van der Waals surface area contributed by atoms with Crippen molar-refractivity contribution in [2.24, 2.45) is 0 Å². The van der Waals surface area contributed by atoms with Gasteiger partial charge in [0.15, 0.2) is 0 Å². The molecule has 0 saturated heterocycles. The Balaban J connectivity index is 2.17. The van der Waals surface area contributed by atoms with Crippen LogP contribution in [0.4, 0.5) is 5.69 Å². The summed E-state index contributed by atoms with van der Waals surface area (Å²) in [5.74, 6) is -0.0214. The predicted octanol–water partition coefficient (Wildman–Crippen LogP) is 4.39. The van der Waals surface area contributed by atoms with Crippen LogP contribution in [-0.4, -0.2) is 5.91 Å². The maximum absolute atomic E-state index is 12.5. The molecule has 3 heteroatoms. The van der Waals surface area contributed by atoms with Crippen molar-refractivity contribution in [3.8, 4) is 0 Å². The van der Waals surface area contributed by atoms with Gasteiger partial charge < -0.3 is 0 Å². The van der Waals surface area contributed by atoms with E-state index in [4.69, 9.17) is 0 Å². The average Bonchev–Trinajstić information content (AvgIpc) is 2.67. The number of benzene rings is 2. The molecular weight excluding hydrogens is 302 g/mol. The summed E-state index contributed by atoms with van der Waals surface area (Å²) in [6.45, 7) is 6.06. The molecule has 3 rings (SSSR count). The van der Waals surface area contributed by atoms with Crippen molar-refractivity contribution in [1.29, 1.82) is 0 Å². The second kappa shape index (κ2) is 4.35. The molecule has 0 aliphatic carbocycles. The van der Waals surface area contributed by atoms with Gasteiger partial charge in [-0.3, -0.25) is 9.69 Å². The molecule has 1 aliphatic rings. The van der Waals surface area contributed by atoms with Crippen molar-refractivity contribution in [3.05, 3.63) is 70.2 Å². The number of hydrogen-bond donors (Lipinski definition) is 0. The number of nitrogens with zero attached hydrogens (tertiary/aromatic N) is 1. The monoisotopic (exact) mass is 313 g/mol. The van der Waals surface area contributed by atoms with Crippen molar-refractivity contribution in [2.45, 2.75) is 6.92 Å². The van der Waals surface area contributed by atoms with Gasteiger partial charge >= 0.3 is 0 Å². The third kappa shape index (κ3) is 1.73. The molecule has 0 N–H and O–H groups in total. The molecule has 19 heavy (non-hydrogen) atoms. The number of hydrogen-bond acceptors (Lipinski definition) is 1. The minimum absolute atomic E-state index is 0.0214. The lowest BCUT2D eigenvalue weighted by atomic mass is 10.1. The molecular formula is C16H12BrNO. The quantitative estimate of drug-likeness (QED) is 0.764. The van der Waals surface area contributed by atoms with Crippen LogP contribution in [0.5, 0.6) is 0 Å². The number of carbonyl (C=O) groups excluding carboxylic acids is 1. The number of rotatable bonds is 1. The largest absolute Gasteiger partial charge is 0.276 e. The molecule has 0 spiro atoms. The number of fused-ring (bicyclic) bond motifs is 1. The Kier molecular flexibility index (Phi) is 2.79.